The van der Waals surface area contributed by atoms with Crippen LogP contribution < -0.4 is 11.5 Å². The zero-order chi connectivity index (χ0) is 13.1. The van der Waals surface area contributed by atoms with Crippen molar-refractivity contribution in [3.63, 3.8) is 0 Å². The standard InChI is InChI=1S/C11H16N4O2S/c12-9(16)5-15(7-3-1-2-4-7)10(17)8-6-18-11(13)14-8/h6-7H,1-5H2,(H2,12,16)(H2,13,14). The summed E-state index contributed by atoms with van der Waals surface area (Å²) in [4.78, 5) is 28.9. The van der Waals surface area contributed by atoms with Gasteiger partial charge in [-0.3, -0.25) is 9.59 Å². The van der Waals surface area contributed by atoms with Crippen molar-refractivity contribution >= 4 is 28.3 Å². The number of carbonyl (C=O) groups excluding carboxylic acids is 2. The lowest BCUT2D eigenvalue weighted by atomic mass is 10.2. The quantitative estimate of drug-likeness (QED) is 0.834. The van der Waals surface area contributed by atoms with Gasteiger partial charge in [-0.1, -0.05) is 12.8 Å². The first kappa shape index (κ1) is 12.8. The molecule has 0 aliphatic heterocycles. The van der Waals surface area contributed by atoms with E-state index in [0.717, 1.165) is 25.7 Å². The number of amides is 2. The number of thiazole rings is 1. The summed E-state index contributed by atoms with van der Waals surface area (Å²) in [5, 5.41) is 1.96. The van der Waals surface area contributed by atoms with E-state index >= 15 is 0 Å². The van der Waals surface area contributed by atoms with Gasteiger partial charge in [-0.2, -0.15) is 0 Å². The van der Waals surface area contributed by atoms with Gasteiger partial charge >= 0.3 is 0 Å². The highest BCUT2D eigenvalue weighted by molar-refractivity contribution is 7.13. The Morgan fingerprint density at radius 2 is 2.11 bits per heavy atom. The molecule has 0 aromatic carbocycles. The normalized spacial score (nSPS) is 15.8. The van der Waals surface area contributed by atoms with Crippen molar-refractivity contribution in [1.29, 1.82) is 0 Å². The molecule has 0 atom stereocenters. The SMILES string of the molecule is NC(=O)CN(C(=O)c1csc(N)n1)C1CCCC1. The molecule has 2 amide bonds. The van der Waals surface area contributed by atoms with Crippen molar-refractivity contribution in [2.45, 2.75) is 31.7 Å². The number of nitrogens with zero attached hydrogens (tertiary/aromatic N) is 2. The van der Waals surface area contributed by atoms with Crippen LogP contribution >= 0.6 is 11.3 Å². The Kier molecular flexibility index (Phi) is 3.81. The third kappa shape index (κ3) is 2.79. The summed E-state index contributed by atoms with van der Waals surface area (Å²) in [6.07, 6.45) is 3.98. The lowest BCUT2D eigenvalue weighted by Gasteiger charge is -2.26. The second-order valence-corrected chi connectivity index (χ2v) is 5.30. The molecule has 1 aromatic rings. The van der Waals surface area contributed by atoms with E-state index in [1.54, 1.807) is 5.38 Å². The third-order valence-electron chi connectivity index (χ3n) is 3.09. The molecule has 7 heteroatoms. The fourth-order valence-corrected chi connectivity index (χ4v) is 2.82. The molecule has 98 valence electrons. The molecular formula is C11H16N4O2S. The van der Waals surface area contributed by atoms with E-state index in [1.807, 2.05) is 0 Å². The van der Waals surface area contributed by atoms with Crippen molar-refractivity contribution in [1.82, 2.24) is 9.88 Å². The molecule has 1 saturated carbocycles. The molecule has 0 spiro atoms. The lowest BCUT2D eigenvalue weighted by Crippen LogP contribution is -2.44. The number of hydrogen-bond donors (Lipinski definition) is 2. The van der Waals surface area contributed by atoms with Crippen LogP contribution in [0.15, 0.2) is 5.38 Å². The molecule has 0 unspecified atom stereocenters. The van der Waals surface area contributed by atoms with E-state index in [2.05, 4.69) is 4.98 Å². The topological polar surface area (TPSA) is 102 Å². The summed E-state index contributed by atoms with van der Waals surface area (Å²) in [7, 11) is 0. The molecule has 0 saturated heterocycles. The largest absolute Gasteiger partial charge is 0.375 e. The Labute approximate surface area is 109 Å². The predicted molar refractivity (Wildman–Crippen MR) is 69.0 cm³/mol. The van der Waals surface area contributed by atoms with Crippen molar-refractivity contribution in [3.8, 4) is 0 Å². The summed E-state index contributed by atoms with van der Waals surface area (Å²) >= 11 is 1.21. The van der Waals surface area contributed by atoms with Crippen molar-refractivity contribution in [2.75, 3.05) is 12.3 Å². The molecule has 4 N–H and O–H groups in total. The van der Waals surface area contributed by atoms with Gasteiger partial charge < -0.3 is 16.4 Å². The zero-order valence-electron chi connectivity index (χ0n) is 9.96. The predicted octanol–water partition coefficient (Wildman–Crippen LogP) is 0.595. The van der Waals surface area contributed by atoms with Crippen molar-refractivity contribution in [2.24, 2.45) is 5.73 Å². The highest BCUT2D eigenvalue weighted by Gasteiger charge is 2.29. The van der Waals surface area contributed by atoms with Crippen LogP contribution in [0.2, 0.25) is 0 Å². The van der Waals surface area contributed by atoms with E-state index in [0.29, 0.717) is 10.8 Å². The number of nitrogens with two attached hydrogens (primary N) is 2. The Balaban J connectivity index is 2.17. The molecule has 1 heterocycles. The molecule has 2 rings (SSSR count). The number of aromatic nitrogens is 1. The van der Waals surface area contributed by atoms with E-state index in [4.69, 9.17) is 11.5 Å². The van der Waals surface area contributed by atoms with Gasteiger partial charge in [-0.05, 0) is 12.8 Å². The summed E-state index contributed by atoms with van der Waals surface area (Å²) in [5.74, 6) is -0.757. The summed E-state index contributed by atoms with van der Waals surface area (Å²) in [6, 6.07) is 0.0907. The number of hydrogen-bond acceptors (Lipinski definition) is 5. The van der Waals surface area contributed by atoms with Crippen LogP contribution in [0.3, 0.4) is 0 Å². The molecule has 1 aliphatic carbocycles. The molecule has 1 aliphatic rings. The van der Waals surface area contributed by atoms with Crippen LogP contribution in [-0.4, -0.2) is 34.3 Å². The molecule has 6 nitrogen and oxygen atoms in total. The van der Waals surface area contributed by atoms with Crippen LogP contribution in [0, 0.1) is 0 Å². The first-order valence-corrected chi connectivity index (χ1v) is 6.76. The Morgan fingerprint density at radius 1 is 1.44 bits per heavy atom. The van der Waals surface area contributed by atoms with E-state index in [9.17, 15) is 9.59 Å². The van der Waals surface area contributed by atoms with Crippen LogP contribution in [-0.2, 0) is 4.79 Å². The number of rotatable bonds is 4. The summed E-state index contributed by atoms with van der Waals surface area (Å²) in [5.41, 5.74) is 11.0. The van der Waals surface area contributed by atoms with Crippen molar-refractivity contribution < 1.29 is 9.59 Å². The van der Waals surface area contributed by atoms with Gasteiger partial charge in [-0.25, -0.2) is 4.98 Å². The minimum absolute atomic E-state index is 0.0546. The Morgan fingerprint density at radius 3 is 2.61 bits per heavy atom. The van der Waals surface area contributed by atoms with E-state index in [1.165, 1.54) is 16.2 Å². The monoisotopic (exact) mass is 268 g/mol. The van der Waals surface area contributed by atoms with Gasteiger partial charge in [0.05, 0.1) is 6.54 Å². The fraction of sp³-hybridized carbons (Fsp3) is 0.545. The van der Waals surface area contributed by atoms with Gasteiger partial charge in [0.1, 0.15) is 5.69 Å². The maximum absolute atomic E-state index is 12.3. The average molecular weight is 268 g/mol. The minimum Gasteiger partial charge on any atom is -0.375 e. The number of nitrogen functional groups attached to an aromatic ring is 1. The number of primary amides is 1. The highest BCUT2D eigenvalue weighted by Crippen LogP contribution is 2.25. The molecule has 18 heavy (non-hydrogen) atoms. The smallest absolute Gasteiger partial charge is 0.274 e. The lowest BCUT2D eigenvalue weighted by molar-refractivity contribution is -0.119. The molecular weight excluding hydrogens is 252 g/mol. The van der Waals surface area contributed by atoms with E-state index in [-0.39, 0.29) is 18.5 Å². The minimum atomic E-state index is -0.501. The number of anilines is 1. The van der Waals surface area contributed by atoms with E-state index < -0.39 is 5.91 Å². The summed E-state index contributed by atoms with van der Waals surface area (Å²) < 4.78 is 0. The van der Waals surface area contributed by atoms with Crippen molar-refractivity contribution in [3.05, 3.63) is 11.1 Å². The van der Waals surface area contributed by atoms with Gasteiger partial charge in [0.15, 0.2) is 5.13 Å². The van der Waals surface area contributed by atoms with Crippen LogP contribution in [0.1, 0.15) is 36.2 Å². The maximum Gasteiger partial charge on any atom is 0.274 e. The molecule has 0 bridgehead atoms. The van der Waals surface area contributed by atoms with Crippen LogP contribution in [0.25, 0.3) is 0 Å². The summed E-state index contributed by atoms with van der Waals surface area (Å²) in [6.45, 7) is -0.0546. The van der Waals surface area contributed by atoms with Crippen LogP contribution in [0.4, 0.5) is 5.13 Å². The molecule has 0 radical (unpaired) electrons. The maximum atomic E-state index is 12.3. The van der Waals surface area contributed by atoms with Gasteiger partial charge in [0.25, 0.3) is 5.91 Å². The highest BCUT2D eigenvalue weighted by atomic mass is 32.1. The average Bonchev–Trinajstić information content (AvgIpc) is 2.95. The Hall–Kier alpha value is -1.63. The third-order valence-corrected chi connectivity index (χ3v) is 3.77. The van der Waals surface area contributed by atoms with Crippen LogP contribution in [0.5, 0.6) is 0 Å². The molecule has 1 fully saturated rings. The first-order valence-electron chi connectivity index (χ1n) is 5.88. The Bertz CT molecular complexity index is 454. The fourth-order valence-electron chi connectivity index (χ4n) is 2.28. The second kappa shape index (κ2) is 5.34. The first-order chi connectivity index (χ1) is 8.58. The van der Waals surface area contributed by atoms with Gasteiger partial charge in [0.2, 0.25) is 5.91 Å². The van der Waals surface area contributed by atoms with Gasteiger partial charge in [0, 0.05) is 11.4 Å². The zero-order valence-corrected chi connectivity index (χ0v) is 10.8. The van der Waals surface area contributed by atoms with Gasteiger partial charge in [-0.15, -0.1) is 11.3 Å². The second-order valence-electron chi connectivity index (χ2n) is 4.41. The number of carbonyl (C=O) groups is 2. The molecule has 1 aromatic heterocycles.